The Labute approximate surface area is 120 Å². The van der Waals surface area contributed by atoms with Gasteiger partial charge < -0.3 is 15.1 Å². The first-order valence-electron chi connectivity index (χ1n) is 6.38. The summed E-state index contributed by atoms with van der Waals surface area (Å²) in [4.78, 5) is 0. The highest BCUT2D eigenvalue weighted by Crippen LogP contribution is 2.21. The van der Waals surface area contributed by atoms with E-state index in [4.69, 9.17) is 15.1 Å². The molecule has 2 aromatic rings. The summed E-state index contributed by atoms with van der Waals surface area (Å²) < 4.78 is 0.880. The van der Waals surface area contributed by atoms with Crippen LogP contribution in [0.3, 0.4) is 0 Å². The minimum absolute atomic E-state index is 0.880. The third-order valence-corrected chi connectivity index (χ3v) is 2.88. The molecular formula is C15H21BNO3+. The van der Waals surface area contributed by atoms with E-state index in [1.807, 2.05) is 0 Å². The summed E-state index contributed by atoms with van der Waals surface area (Å²) in [5.74, 6) is 0. The van der Waals surface area contributed by atoms with Crippen molar-refractivity contribution in [3.63, 3.8) is 0 Å². The number of rotatable bonds is 3. The molecule has 0 aliphatic rings. The van der Waals surface area contributed by atoms with Crippen molar-refractivity contribution in [3.05, 3.63) is 66.2 Å². The maximum atomic E-state index is 7.17. The van der Waals surface area contributed by atoms with Crippen LogP contribution in [0, 0.1) is 0 Å². The molecule has 2 rings (SSSR count). The normalized spacial score (nSPS) is 10.4. The number of hydrogen-bond donors (Lipinski definition) is 3. The molecule has 0 radical (unpaired) electrons. The molecule has 4 nitrogen and oxygen atoms in total. The largest absolute Gasteiger partial charge is 0.631 e. The van der Waals surface area contributed by atoms with Crippen LogP contribution >= 0.6 is 0 Å². The third kappa shape index (κ3) is 5.99. The fourth-order valence-corrected chi connectivity index (χ4v) is 1.96. The molecule has 0 saturated carbocycles. The van der Waals surface area contributed by atoms with Gasteiger partial charge in [0.2, 0.25) is 0 Å². The zero-order chi connectivity index (χ0) is 15.0. The molecule has 0 heterocycles. The maximum absolute atomic E-state index is 7.17. The first kappa shape index (κ1) is 16.4. The second-order valence-corrected chi connectivity index (χ2v) is 5.01. The van der Waals surface area contributed by atoms with Gasteiger partial charge in [0.1, 0.15) is 12.2 Å². The van der Waals surface area contributed by atoms with Gasteiger partial charge in [-0.3, -0.25) is 4.48 Å². The first-order chi connectivity index (χ1) is 9.42. The predicted molar refractivity (Wildman–Crippen MR) is 82.6 cm³/mol. The summed E-state index contributed by atoms with van der Waals surface area (Å²) in [5.41, 5.74) is 2.71. The van der Waals surface area contributed by atoms with Crippen molar-refractivity contribution < 1.29 is 15.1 Å². The fourth-order valence-electron chi connectivity index (χ4n) is 1.96. The van der Waals surface area contributed by atoms with Crippen LogP contribution in [-0.4, -0.2) is 36.5 Å². The van der Waals surface area contributed by atoms with E-state index in [2.05, 4.69) is 74.8 Å². The van der Waals surface area contributed by atoms with E-state index < -0.39 is 7.32 Å². The molecule has 0 spiro atoms. The average Bonchev–Trinajstić information content (AvgIpc) is 2.40. The number of quaternary nitrogens is 1. The van der Waals surface area contributed by atoms with E-state index in [0.29, 0.717) is 0 Å². The van der Waals surface area contributed by atoms with Crippen molar-refractivity contribution in [2.24, 2.45) is 0 Å². The lowest BCUT2D eigenvalue weighted by Gasteiger charge is -2.29. The number of nitrogens with zero attached hydrogens (tertiary/aromatic N) is 1. The SMILES string of the molecule is C[N+](C)(Cc1ccccc1)c1ccccc1.OB(O)O. The Morgan fingerprint density at radius 1 is 0.800 bits per heavy atom. The van der Waals surface area contributed by atoms with Crippen molar-refractivity contribution in [2.45, 2.75) is 6.54 Å². The molecule has 106 valence electrons. The van der Waals surface area contributed by atoms with Crippen LogP contribution < -0.4 is 4.48 Å². The zero-order valence-corrected chi connectivity index (χ0v) is 11.8. The number of hydrogen-bond acceptors (Lipinski definition) is 3. The van der Waals surface area contributed by atoms with E-state index >= 15 is 0 Å². The molecule has 20 heavy (non-hydrogen) atoms. The smallest absolute Gasteiger partial charge is 0.402 e. The molecule has 0 aliphatic heterocycles. The molecular weight excluding hydrogens is 253 g/mol. The van der Waals surface area contributed by atoms with Crippen LogP contribution in [0.15, 0.2) is 60.7 Å². The number of benzene rings is 2. The summed E-state index contributed by atoms with van der Waals surface area (Å²) in [5, 5.41) is 21.5. The molecule has 0 amide bonds. The lowest BCUT2D eigenvalue weighted by Crippen LogP contribution is -2.39. The molecule has 3 N–H and O–H groups in total. The van der Waals surface area contributed by atoms with Gasteiger partial charge in [-0.25, -0.2) is 0 Å². The molecule has 0 aromatic heterocycles. The van der Waals surface area contributed by atoms with Gasteiger partial charge in [-0.15, -0.1) is 0 Å². The van der Waals surface area contributed by atoms with Crippen molar-refractivity contribution in [2.75, 3.05) is 14.1 Å². The van der Waals surface area contributed by atoms with Crippen molar-refractivity contribution in [3.8, 4) is 0 Å². The molecule has 5 heteroatoms. The Bertz CT molecular complexity index is 486. The highest BCUT2D eigenvalue weighted by molar-refractivity contribution is 6.30. The van der Waals surface area contributed by atoms with E-state index in [-0.39, 0.29) is 0 Å². The lowest BCUT2D eigenvalue weighted by molar-refractivity contribution is 0.278. The van der Waals surface area contributed by atoms with Crippen LogP contribution in [0.1, 0.15) is 5.56 Å². The highest BCUT2D eigenvalue weighted by Gasteiger charge is 2.18. The van der Waals surface area contributed by atoms with Crippen LogP contribution in [0.2, 0.25) is 0 Å². The van der Waals surface area contributed by atoms with Crippen LogP contribution in [0.4, 0.5) is 5.69 Å². The second-order valence-electron chi connectivity index (χ2n) is 5.01. The molecule has 0 saturated heterocycles. The molecule has 0 atom stereocenters. The molecule has 0 aliphatic carbocycles. The van der Waals surface area contributed by atoms with E-state index in [0.717, 1.165) is 11.0 Å². The van der Waals surface area contributed by atoms with E-state index in [1.165, 1.54) is 11.3 Å². The van der Waals surface area contributed by atoms with Crippen LogP contribution in [0.25, 0.3) is 0 Å². The lowest BCUT2D eigenvalue weighted by atomic mass is 10.2. The van der Waals surface area contributed by atoms with Crippen molar-refractivity contribution in [1.29, 1.82) is 0 Å². The van der Waals surface area contributed by atoms with Crippen LogP contribution in [0.5, 0.6) is 0 Å². The Hall–Kier alpha value is -1.66. The van der Waals surface area contributed by atoms with Crippen molar-refractivity contribution in [1.82, 2.24) is 4.48 Å². The van der Waals surface area contributed by atoms with Gasteiger partial charge in [-0.05, 0) is 12.1 Å². The minimum Gasteiger partial charge on any atom is -0.402 e. The van der Waals surface area contributed by atoms with Crippen molar-refractivity contribution >= 4 is 13.0 Å². The van der Waals surface area contributed by atoms with Crippen LogP contribution in [-0.2, 0) is 6.54 Å². The second kappa shape index (κ2) is 7.82. The number of para-hydroxylation sites is 1. The van der Waals surface area contributed by atoms with Gasteiger partial charge in [0.15, 0.2) is 0 Å². The first-order valence-corrected chi connectivity index (χ1v) is 6.38. The Morgan fingerprint density at radius 3 is 1.65 bits per heavy atom. The topological polar surface area (TPSA) is 60.7 Å². The fraction of sp³-hybridized carbons (Fsp3) is 0.200. The monoisotopic (exact) mass is 274 g/mol. The Balaban J connectivity index is 0.000000444. The third-order valence-electron chi connectivity index (χ3n) is 2.88. The maximum Gasteiger partial charge on any atom is 0.631 e. The molecule has 0 fully saturated rings. The standard InChI is InChI=1S/C15H18N.BH3O3/c1-16(2,15-11-7-4-8-12-15)13-14-9-5-3-6-10-14;2-1(3)4/h3-12H,13H2,1-2H3;2-4H/q+1;. The molecule has 0 bridgehead atoms. The van der Waals surface area contributed by atoms with Gasteiger partial charge in [0, 0.05) is 5.56 Å². The predicted octanol–water partition coefficient (Wildman–Crippen LogP) is 1.40. The summed E-state index contributed by atoms with van der Waals surface area (Å²) >= 11 is 0. The summed E-state index contributed by atoms with van der Waals surface area (Å²) in [6.07, 6.45) is 0. The van der Waals surface area contributed by atoms with Gasteiger partial charge in [-0.1, -0.05) is 48.5 Å². The van der Waals surface area contributed by atoms with Gasteiger partial charge in [-0.2, -0.15) is 0 Å². The molecule has 2 aromatic carbocycles. The summed E-state index contributed by atoms with van der Waals surface area (Å²) in [7, 11) is 2.31. The quantitative estimate of drug-likeness (QED) is 0.585. The van der Waals surface area contributed by atoms with Gasteiger partial charge in [0.05, 0.1) is 14.1 Å². The van der Waals surface area contributed by atoms with E-state index in [1.54, 1.807) is 0 Å². The minimum atomic E-state index is -2.17. The highest BCUT2D eigenvalue weighted by atomic mass is 16.5. The summed E-state index contributed by atoms with van der Waals surface area (Å²) in [6.45, 7) is 1.02. The van der Waals surface area contributed by atoms with E-state index in [9.17, 15) is 0 Å². The summed E-state index contributed by atoms with van der Waals surface area (Å²) in [6, 6.07) is 21.2. The van der Waals surface area contributed by atoms with Gasteiger partial charge in [0.25, 0.3) is 0 Å². The van der Waals surface area contributed by atoms with Gasteiger partial charge >= 0.3 is 7.32 Å². The Kier molecular flexibility index (Phi) is 6.41. The Morgan fingerprint density at radius 2 is 1.20 bits per heavy atom. The molecule has 0 unspecified atom stereocenters. The average molecular weight is 274 g/mol. The zero-order valence-electron chi connectivity index (χ0n) is 11.8.